The van der Waals surface area contributed by atoms with E-state index >= 15 is 0 Å². The van der Waals surface area contributed by atoms with Crippen molar-refractivity contribution in [1.29, 1.82) is 0 Å². The van der Waals surface area contributed by atoms with Crippen molar-refractivity contribution in [3.05, 3.63) is 53.4 Å². The number of nitrogens with zero attached hydrogens (tertiary/aromatic N) is 3. The molecule has 3 heterocycles. The zero-order valence-electron chi connectivity index (χ0n) is 18.6. The smallest absolute Gasteiger partial charge is 0.282 e. The Morgan fingerprint density at radius 3 is 2.53 bits per heavy atom. The van der Waals surface area contributed by atoms with Gasteiger partial charge in [0.25, 0.3) is 12.3 Å². The number of halogens is 6. The fourth-order valence-corrected chi connectivity index (χ4v) is 4.95. The number of likely N-dealkylation sites (tertiary alicyclic amines) is 1. The average Bonchev–Trinajstić information content (AvgIpc) is 3.34. The van der Waals surface area contributed by atoms with Crippen molar-refractivity contribution in [2.45, 2.75) is 30.4 Å². The van der Waals surface area contributed by atoms with Gasteiger partial charge in [-0.3, -0.25) is 4.98 Å². The lowest BCUT2D eigenvalue weighted by atomic mass is 9.88. The first-order valence-electron chi connectivity index (χ1n) is 10.5. The van der Waals surface area contributed by atoms with Gasteiger partial charge in [0.1, 0.15) is 23.5 Å². The van der Waals surface area contributed by atoms with E-state index in [1.807, 2.05) is 4.72 Å². The molecule has 1 aromatic carbocycles. The number of hydrogen-bond donors (Lipinski definition) is 2. The van der Waals surface area contributed by atoms with E-state index in [1.54, 1.807) is 0 Å². The maximum atomic E-state index is 14.6. The van der Waals surface area contributed by atoms with Gasteiger partial charge in [0, 0.05) is 23.9 Å². The molecule has 0 amide bonds. The Morgan fingerprint density at radius 1 is 1.28 bits per heavy atom. The van der Waals surface area contributed by atoms with Crippen LogP contribution in [0.15, 0.2) is 35.6 Å². The molecule has 2 atom stereocenters. The topological polar surface area (TPSA) is 104 Å². The molecule has 2 aliphatic rings. The van der Waals surface area contributed by atoms with Crippen LogP contribution >= 0.6 is 0 Å². The molecule has 1 aromatic heterocycles. The van der Waals surface area contributed by atoms with E-state index in [4.69, 9.17) is 4.84 Å². The molecule has 0 saturated carbocycles. The molecule has 15 heteroatoms. The van der Waals surface area contributed by atoms with Crippen molar-refractivity contribution in [1.82, 2.24) is 14.6 Å². The lowest BCUT2D eigenvalue weighted by Crippen LogP contribution is -2.46. The van der Waals surface area contributed by atoms with Crippen molar-refractivity contribution in [3.8, 4) is 11.1 Å². The monoisotopic (exact) mass is 538 g/mol. The number of benzene rings is 1. The second kappa shape index (κ2) is 9.19. The molecule has 36 heavy (non-hydrogen) atoms. The molecule has 0 bridgehead atoms. The van der Waals surface area contributed by atoms with Crippen LogP contribution in [0.2, 0.25) is 0 Å². The number of rotatable bonds is 6. The first-order valence-corrected chi connectivity index (χ1v) is 12.3. The Hall–Kier alpha value is -2.91. The molecule has 0 spiro atoms. The zero-order valence-corrected chi connectivity index (χ0v) is 19.4. The Morgan fingerprint density at radius 2 is 1.94 bits per heavy atom. The molecule has 0 aliphatic carbocycles. The van der Waals surface area contributed by atoms with Crippen LogP contribution in [0.3, 0.4) is 0 Å². The van der Waals surface area contributed by atoms with Crippen LogP contribution in [0.25, 0.3) is 11.1 Å². The third-order valence-corrected chi connectivity index (χ3v) is 6.60. The van der Waals surface area contributed by atoms with Gasteiger partial charge in [-0.15, -0.1) is 0 Å². The molecule has 1 unspecified atom stereocenters. The molecular weight excluding hydrogens is 518 g/mol. The number of oxime groups is 1. The van der Waals surface area contributed by atoms with E-state index in [0.29, 0.717) is 0 Å². The number of alkyl halides is 4. The molecular formula is C21H20F6N4O4S. The van der Waals surface area contributed by atoms with Crippen molar-refractivity contribution >= 4 is 15.9 Å². The van der Waals surface area contributed by atoms with Crippen LogP contribution in [-0.4, -0.2) is 67.2 Å². The van der Waals surface area contributed by atoms with Gasteiger partial charge in [-0.2, -0.15) is 0 Å². The minimum Gasteiger partial charge on any atom is -0.392 e. The maximum absolute atomic E-state index is 14.6. The summed E-state index contributed by atoms with van der Waals surface area (Å²) in [5.41, 5.74) is -4.07. The number of sulfonamides is 1. The Labute approximate surface area is 201 Å². The first kappa shape index (κ1) is 26.2. The van der Waals surface area contributed by atoms with Crippen LogP contribution in [0.1, 0.15) is 24.1 Å². The van der Waals surface area contributed by atoms with Gasteiger partial charge in [-0.05, 0) is 18.2 Å². The average molecular weight is 538 g/mol. The minimum atomic E-state index is -3.96. The van der Waals surface area contributed by atoms with Gasteiger partial charge >= 0.3 is 0 Å². The van der Waals surface area contributed by atoms with Crippen LogP contribution in [-0.2, 0) is 20.5 Å². The molecule has 0 radical (unpaired) electrons. The number of hydrogen-bond acceptors (Lipinski definition) is 7. The normalized spacial score (nSPS) is 23.8. The molecule has 8 nitrogen and oxygen atoms in total. The highest BCUT2D eigenvalue weighted by Gasteiger charge is 2.53. The first-order chi connectivity index (χ1) is 16.8. The third kappa shape index (κ3) is 4.86. The predicted molar refractivity (Wildman–Crippen MR) is 115 cm³/mol. The quantitative estimate of drug-likeness (QED) is 0.549. The van der Waals surface area contributed by atoms with Crippen LogP contribution in [0.5, 0.6) is 0 Å². The van der Waals surface area contributed by atoms with Gasteiger partial charge in [0.05, 0.1) is 37.1 Å². The van der Waals surface area contributed by atoms with E-state index in [2.05, 4.69) is 10.1 Å². The van der Waals surface area contributed by atoms with Gasteiger partial charge < -0.3 is 14.8 Å². The summed E-state index contributed by atoms with van der Waals surface area (Å²) in [7, 11) is -3.96. The van der Waals surface area contributed by atoms with Gasteiger partial charge in [-0.25, -0.2) is 39.5 Å². The highest BCUT2D eigenvalue weighted by molar-refractivity contribution is 7.88. The van der Waals surface area contributed by atoms with Gasteiger partial charge in [-0.1, -0.05) is 11.2 Å². The predicted octanol–water partition coefficient (Wildman–Crippen LogP) is 2.75. The summed E-state index contributed by atoms with van der Waals surface area (Å²) in [5, 5.41) is 13.9. The number of aliphatic hydroxyl groups excluding tert-OH is 1. The highest BCUT2D eigenvalue weighted by Crippen LogP contribution is 2.43. The molecule has 196 valence electrons. The van der Waals surface area contributed by atoms with Crippen molar-refractivity contribution in [2.75, 3.05) is 26.0 Å². The molecule has 1 fully saturated rings. The van der Waals surface area contributed by atoms with E-state index in [1.165, 1.54) is 0 Å². The summed E-state index contributed by atoms with van der Waals surface area (Å²) < 4.78 is 110. The Balaban J connectivity index is 1.71. The SMILES string of the molecule is CS(=O)(=O)N[C@@H]1CN(C2=NOC(CO)(c3ncc(C(F)F)cc3-c3c(F)cccc3F)C2)CC1(F)F. The largest absolute Gasteiger partial charge is 0.392 e. The summed E-state index contributed by atoms with van der Waals surface area (Å²) in [4.78, 5) is 10.3. The molecule has 2 aliphatic heterocycles. The number of pyridine rings is 1. The number of aromatic nitrogens is 1. The van der Waals surface area contributed by atoms with Crippen LogP contribution in [0, 0.1) is 11.6 Å². The lowest BCUT2D eigenvalue weighted by molar-refractivity contribution is -0.0646. The summed E-state index contributed by atoms with van der Waals surface area (Å²) in [6, 6.07) is 1.92. The number of nitrogens with one attached hydrogen (secondary N) is 1. The zero-order chi connectivity index (χ0) is 26.5. The molecule has 2 aromatic rings. The second-order valence-electron chi connectivity index (χ2n) is 8.57. The summed E-state index contributed by atoms with van der Waals surface area (Å²) in [6.45, 7) is -2.33. The van der Waals surface area contributed by atoms with Crippen molar-refractivity contribution < 1.29 is 44.7 Å². The Bertz CT molecular complexity index is 1290. The molecule has 2 N–H and O–H groups in total. The van der Waals surface area contributed by atoms with E-state index in [9.17, 15) is 39.9 Å². The van der Waals surface area contributed by atoms with E-state index in [-0.39, 0.29) is 11.5 Å². The van der Waals surface area contributed by atoms with Crippen molar-refractivity contribution in [3.63, 3.8) is 0 Å². The van der Waals surface area contributed by atoms with E-state index in [0.717, 1.165) is 41.6 Å². The molecule has 1 saturated heterocycles. The summed E-state index contributed by atoms with van der Waals surface area (Å²) >= 11 is 0. The third-order valence-electron chi connectivity index (χ3n) is 5.89. The second-order valence-corrected chi connectivity index (χ2v) is 10.4. The van der Waals surface area contributed by atoms with Gasteiger partial charge in [0.15, 0.2) is 0 Å². The van der Waals surface area contributed by atoms with Gasteiger partial charge in [0.2, 0.25) is 15.6 Å². The summed E-state index contributed by atoms with van der Waals surface area (Å²) in [6.07, 6.45) is -1.98. The van der Waals surface area contributed by atoms with Crippen LogP contribution in [0.4, 0.5) is 26.3 Å². The maximum Gasteiger partial charge on any atom is 0.282 e. The standard InChI is InChI=1S/C21H20F6N4O4S/c1-36(33,34)30-15-8-31(9-21(15,26)27)16-6-20(10-32,35-29-16)18-12(5-11(7-28-18)19(24)25)17-13(22)3-2-4-14(17)23/h2-5,7,15,19,30,32H,6,8-10H2,1H3/t15-,20?/m1/s1. The lowest BCUT2D eigenvalue weighted by Gasteiger charge is -2.27. The summed E-state index contributed by atoms with van der Waals surface area (Å²) in [5.74, 6) is -5.79. The van der Waals surface area contributed by atoms with Crippen LogP contribution < -0.4 is 4.72 Å². The fourth-order valence-electron chi connectivity index (χ4n) is 4.19. The molecule has 4 rings (SSSR count). The fraction of sp³-hybridized carbons (Fsp3) is 0.429. The van der Waals surface area contributed by atoms with Crippen molar-refractivity contribution in [2.24, 2.45) is 5.16 Å². The number of amidine groups is 1. The Kier molecular flexibility index (Phi) is 6.68. The number of aliphatic hydroxyl groups is 1. The van der Waals surface area contributed by atoms with E-state index < -0.39 is 88.5 Å². The minimum absolute atomic E-state index is 0.124. The highest BCUT2D eigenvalue weighted by atomic mass is 32.2.